The van der Waals surface area contributed by atoms with Crippen LogP contribution in [0.2, 0.25) is 0 Å². The maximum absolute atomic E-state index is 12.9. The fraction of sp³-hybridized carbons (Fsp3) is 0.375. The molecular weight excluding hydrogens is 318 g/mol. The van der Waals surface area contributed by atoms with Gasteiger partial charge in [-0.05, 0) is 31.5 Å². The van der Waals surface area contributed by atoms with Crippen molar-refractivity contribution in [1.82, 2.24) is 4.57 Å². The molecule has 0 aliphatic heterocycles. The summed E-state index contributed by atoms with van der Waals surface area (Å²) in [5, 5.41) is 0.963. The molecule has 1 fully saturated rings. The molecule has 2 aromatic rings. The summed E-state index contributed by atoms with van der Waals surface area (Å²) >= 11 is 3.47. The van der Waals surface area contributed by atoms with Crippen molar-refractivity contribution in [3.63, 3.8) is 0 Å². The first kappa shape index (κ1) is 12.3. The van der Waals surface area contributed by atoms with E-state index in [0.717, 1.165) is 33.1 Å². The Morgan fingerprint density at radius 3 is 2.85 bits per heavy atom. The number of nitrogens with zero attached hydrogens (tertiary/aromatic N) is 1. The van der Waals surface area contributed by atoms with E-state index in [9.17, 15) is 9.59 Å². The largest absolute Gasteiger partial charge is 0.347 e. The van der Waals surface area contributed by atoms with Crippen molar-refractivity contribution in [1.29, 1.82) is 0 Å². The highest BCUT2D eigenvalue weighted by Crippen LogP contribution is 2.56. The molecule has 2 aliphatic carbocycles. The van der Waals surface area contributed by atoms with Crippen molar-refractivity contribution < 1.29 is 9.59 Å². The average molecular weight is 332 g/mol. The van der Waals surface area contributed by atoms with Crippen molar-refractivity contribution in [2.24, 2.45) is 12.5 Å². The SMILES string of the molecule is Cn1c2c(c3cc(Br)ccc31)C(=O)[C@@]1(C)C(=O)CC[C@@H]21. The molecule has 0 N–H and O–H groups in total. The minimum atomic E-state index is -0.821. The van der Waals surface area contributed by atoms with E-state index in [0.29, 0.717) is 6.42 Å². The minimum Gasteiger partial charge on any atom is -0.347 e. The third-order valence-corrected chi connectivity index (χ3v) is 5.67. The molecule has 0 spiro atoms. The second kappa shape index (κ2) is 3.61. The van der Waals surface area contributed by atoms with E-state index in [4.69, 9.17) is 0 Å². The van der Waals surface area contributed by atoms with Crippen molar-refractivity contribution in [3.8, 4) is 0 Å². The van der Waals surface area contributed by atoms with Gasteiger partial charge in [0.1, 0.15) is 5.78 Å². The smallest absolute Gasteiger partial charge is 0.179 e. The highest BCUT2D eigenvalue weighted by atomic mass is 79.9. The van der Waals surface area contributed by atoms with Gasteiger partial charge in [-0.25, -0.2) is 0 Å². The number of carbonyl (C=O) groups excluding carboxylic acids is 2. The van der Waals surface area contributed by atoms with Crippen molar-refractivity contribution >= 4 is 38.4 Å². The first-order valence-electron chi connectivity index (χ1n) is 6.82. The highest BCUT2D eigenvalue weighted by Gasteiger charge is 2.59. The van der Waals surface area contributed by atoms with Crippen LogP contribution in [0.15, 0.2) is 22.7 Å². The molecule has 1 aromatic carbocycles. The molecule has 2 aliphatic rings. The number of fused-ring (bicyclic) bond motifs is 5. The summed E-state index contributed by atoms with van der Waals surface area (Å²) in [6.07, 6.45) is 1.32. The van der Waals surface area contributed by atoms with Gasteiger partial charge in [0.15, 0.2) is 5.78 Å². The second-order valence-electron chi connectivity index (χ2n) is 6.03. The van der Waals surface area contributed by atoms with E-state index in [1.165, 1.54) is 0 Å². The maximum Gasteiger partial charge on any atom is 0.179 e. The molecule has 0 radical (unpaired) electrons. The lowest BCUT2D eigenvalue weighted by molar-refractivity contribution is -0.123. The summed E-state index contributed by atoms with van der Waals surface area (Å²) in [6.45, 7) is 1.83. The Morgan fingerprint density at radius 1 is 1.35 bits per heavy atom. The molecule has 1 aromatic heterocycles. The quantitative estimate of drug-likeness (QED) is 0.692. The molecule has 102 valence electrons. The van der Waals surface area contributed by atoms with Gasteiger partial charge in [-0.3, -0.25) is 9.59 Å². The normalized spacial score (nSPS) is 28.2. The van der Waals surface area contributed by atoms with Crippen LogP contribution in [0.25, 0.3) is 10.9 Å². The Labute approximate surface area is 125 Å². The van der Waals surface area contributed by atoms with Crippen LogP contribution in [0.1, 0.15) is 41.7 Å². The Morgan fingerprint density at radius 2 is 2.10 bits per heavy atom. The van der Waals surface area contributed by atoms with E-state index in [2.05, 4.69) is 20.5 Å². The Kier molecular flexibility index (Phi) is 2.23. The zero-order chi connectivity index (χ0) is 14.2. The van der Waals surface area contributed by atoms with Gasteiger partial charge in [-0.2, -0.15) is 0 Å². The lowest BCUT2D eigenvalue weighted by Gasteiger charge is -2.21. The molecule has 1 heterocycles. The van der Waals surface area contributed by atoms with Crippen molar-refractivity contribution in [3.05, 3.63) is 33.9 Å². The molecule has 20 heavy (non-hydrogen) atoms. The third kappa shape index (κ3) is 1.17. The predicted molar refractivity (Wildman–Crippen MR) is 80.0 cm³/mol. The van der Waals surface area contributed by atoms with Crippen LogP contribution in [0, 0.1) is 5.41 Å². The van der Waals surface area contributed by atoms with E-state index in [1.54, 1.807) is 0 Å². The van der Waals surface area contributed by atoms with Gasteiger partial charge in [0.2, 0.25) is 0 Å². The van der Waals surface area contributed by atoms with Gasteiger partial charge in [0.05, 0.1) is 5.41 Å². The lowest BCUT2D eigenvalue weighted by Crippen LogP contribution is -2.31. The molecule has 2 atom stereocenters. The minimum absolute atomic E-state index is 0.0173. The number of aryl methyl sites for hydroxylation is 1. The van der Waals surface area contributed by atoms with Gasteiger partial charge in [0.25, 0.3) is 0 Å². The monoisotopic (exact) mass is 331 g/mol. The molecule has 4 heteroatoms. The fourth-order valence-electron chi connectivity index (χ4n) is 4.06. The first-order valence-corrected chi connectivity index (χ1v) is 7.61. The van der Waals surface area contributed by atoms with Crippen LogP contribution < -0.4 is 0 Å². The molecule has 0 bridgehead atoms. The number of hydrogen-bond donors (Lipinski definition) is 0. The lowest BCUT2D eigenvalue weighted by atomic mass is 9.79. The van der Waals surface area contributed by atoms with Crippen LogP contribution in [-0.2, 0) is 11.8 Å². The zero-order valence-corrected chi connectivity index (χ0v) is 13.0. The number of halogens is 1. The van der Waals surface area contributed by atoms with Gasteiger partial charge < -0.3 is 4.57 Å². The van der Waals surface area contributed by atoms with E-state index in [-0.39, 0.29) is 17.5 Å². The summed E-state index contributed by atoms with van der Waals surface area (Å²) in [7, 11) is 2.00. The Bertz CT molecular complexity index is 804. The number of benzene rings is 1. The van der Waals surface area contributed by atoms with Crippen LogP contribution in [-0.4, -0.2) is 16.1 Å². The highest BCUT2D eigenvalue weighted by molar-refractivity contribution is 9.10. The van der Waals surface area contributed by atoms with E-state index < -0.39 is 5.41 Å². The molecule has 1 saturated carbocycles. The fourth-order valence-corrected chi connectivity index (χ4v) is 4.42. The van der Waals surface area contributed by atoms with Crippen molar-refractivity contribution in [2.75, 3.05) is 0 Å². The second-order valence-corrected chi connectivity index (χ2v) is 6.94. The third-order valence-electron chi connectivity index (χ3n) is 5.17. The summed E-state index contributed by atoms with van der Waals surface area (Å²) in [4.78, 5) is 25.1. The van der Waals surface area contributed by atoms with Gasteiger partial charge in [-0.1, -0.05) is 15.9 Å². The Hall–Kier alpha value is -1.42. The average Bonchev–Trinajstić information content (AvgIpc) is 2.94. The number of ketones is 2. The van der Waals surface area contributed by atoms with Gasteiger partial charge in [-0.15, -0.1) is 0 Å². The molecule has 3 nitrogen and oxygen atoms in total. The van der Waals surface area contributed by atoms with E-state index >= 15 is 0 Å². The predicted octanol–water partition coefficient (Wildman–Crippen LogP) is 3.59. The molecule has 0 unspecified atom stereocenters. The van der Waals surface area contributed by atoms with Crippen LogP contribution >= 0.6 is 15.9 Å². The summed E-state index contributed by atoms with van der Waals surface area (Å²) in [5.74, 6) is 0.171. The van der Waals surface area contributed by atoms with Crippen molar-refractivity contribution in [2.45, 2.75) is 25.7 Å². The number of aromatic nitrogens is 1. The number of hydrogen-bond acceptors (Lipinski definition) is 2. The van der Waals surface area contributed by atoms with Crippen LogP contribution in [0.3, 0.4) is 0 Å². The van der Waals surface area contributed by atoms with Crippen LogP contribution in [0.5, 0.6) is 0 Å². The molecule has 4 rings (SSSR count). The Balaban J connectivity index is 2.12. The number of rotatable bonds is 0. The maximum atomic E-state index is 12.9. The number of carbonyl (C=O) groups is 2. The van der Waals surface area contributed by atoms with E-state index in [1.807, 2.05) is 32.2 Å². The zero-order valence-electron chi connectivity index (χ0n) is 11.4. The van der Waals surface area contributed by atoms with Crippen LogP contribution in [0.4, 0.5) is 0 Å². The molecule has 0 saturated heterocycles. The summed E-state index contributed by atoms with van der Waals surface area (Å²) < 4.78 is 3.06. The van der Waals surface area contributed by atoms with Gasteiger partial charge in [0, 0.05) is 46.0 Å². The standard InChI is InChI=1S/C16H14BrNO2/c1-16-10(4-6-12(16)19)14-13(15(16)20)9-7-8(17)3-5-11(9)18(14)2/h3,5,7,10H,4,6H2,1-2H3/t10-,16+/m0/s1. The topological polar surface area (TPSA) is 39.1 Å². The molecule has 0 amide bonds. The summed E-state index contributed by atoms with van der Waals surface area (Å²) in [5.41, 5.74) is 2.06. The molecular formula is C16H14BrNO2. The van der Waals surface area contributed by atoms with Gasteiger partial charge >= 0.3 is 0 Å². The summed E-state index contributed by atoms with van der Waals surface area (Å²) in [6, 6.07) is 6.00. The number of Topliss-reactive ketones (excluding diaryl/α,β-unsaturated/α-hetero) is 2. The first-order chi connectivity index (χ1) is 9.46.